The largest absolute Gasteiger partial charge is 0.489 e. The molecule has 0 fully saturated rings. The van der Waals surface area contributed by atoms with E-state index in [2.05, 4.69) is 10.3 Å². The molecule has 0 bridgehead atoms. The average Bonchev–Trinajstić information content (AvgIpc) is 2.19. The molecule has 1 heterocycles. The summed E-state index contributed by atoms with van der Waals surface area (Å²) in [6, 6.07) is 3.61. The summed E-state index contributed by atoms with van der Waals surface area (Å²) in [6.07, 6.45) is 1.90. The minimum atomic E-state index is -0.0301. The fraction of sp³-hybridized carbons (Fsp3) is 0.455. The first-order valence-electron chi connectivity index (χ1n) is 5.22. The monoisotopic (exact) mass is 223 g/mol. The number of nitrogen functional groups attached to an aromatic ring is 1. The van der Waals surface area contributed by atoms with Crippen molar-refractivity contribution < 1.29 is 9.53 Å². The molecule has 0 saturated carbocycles. The van der Waals surface area contributed by atoms with Gasteiger partial charge in [0.15, 0.2) is 11.6 Å². The molecule has 1 rings (SSSR count). The Bertz CT molecular complexity index is 353. The van der Waals surface area contributed by atoms with Gasteiger partial charge in [-0.1, -0.05) is 0 Å². The van der Waals surface area contributed by atoms with Crippen LogP contribution in [0.15, 0.2) is 18.3 Å². The second-order valence-electron chi connectivity index (χ2n) is 3.71. The molecule has 0 aliphatic carbocycles. The number of carbonyl (C=O) groups is 1. The maximum absolute atomic E-state index is 11.3. The Kier molecular flexibility index (Phi) is 4.57. The van der Waals surface area contributed by atoms with E-state index in [0.29, 0.717) is 24.6 Å². The molecule has 3 N–H and O–H groups in total. The van der Waals surface area contributed by atoms with E-state index in [0.717, 1.165) is 0 Å². The molecule has 0 radical (unpaired) electrons. The highest BCUT2D eigenvalue weighted by molar-refractivity contribution is 5.76. The molecule has 0 aliphatic rings. The number of hydrogen-bond donors (Lipinski definition) is 2. The third-order valence-electron chi connectivity index (χ3n) is 1.84. The van der Waals surface area contributed by atoms with E-state index in [1.54, 1.807) is 18.3 Å². The smallest absolute Gasteiger partial charge is 0.223 e. The van der Waals surface area contributed by atoms with Crippen LogP contribution in [0, 0.1) is 0 Å². The number of aromatic nitrogens is 1. The number of anilines is 1. The van der Waals surface area contributed by atoms with Crippen LogP contribution in [0.5, 0.6) is 5.75 Å². The highest BCUT2D eigenvalue weighted by atomic mass is 16.5. The van der Waals surface area contributed by atoms with Gasteiger partial charge >= 0.3 is 0 Å². The van der Waals surface area contributed by atoms with Gasteiger partial charge in [-0.05, 0) is 26.0 Å². The third-order valence-corrected chi connectivity index (χ3v) is 1.84. The van der Waals surface area contributed by atoms with E-state index >= 15 is 0 Å². The Balaban J connectivity index is 2.31. The summed E-state index contributed by atoms with van der Waals surface area (Å²) in [6.45, 7) is 4.13. The van der Waals surface area contributed by atoms with Crippen LogP contribution in [-0.2, 0) is 4.79 Å². The van der Waals surface area contributed by atoms with Gasteiger partial charge in [0.05, 0.1) is 13.0 Å². The van der Waals surface area contributed by atoms with Crippen LogP contribution >= 0.6 is 0 Å². The SMILES string of the molecule is CC(C)NC(=O)CCOc1cccnc1N. The first-order chi connectivity index (χ1) is 7.59. The summed E-state index contributed by atoms with van der Waals surface area (Å²) >= 11 is 0. The maximum Gasteiger partial charge on any atom is 0.223 e. The Hall–Kier alpha value is -1.78. The van der Waals surface area contributed by atoms with Crippen LogP contribution in [0.4, 0.5) is 5.82 Å². The summed E-state index contributed by atoms with van der Waals surface area (Å²) in [5.41, 5.74) is 5.58. The van der Waals surface area contributed by atoms with Crippen molar-refractivity contribution in [2.75, 3.05) is 12.3 Å². The lowest BCUT2D eigenvalue weighted by Crippen LogP contribution is -2.31. The van der Waals surface area contributed by atoms with Crippen LogP contribution in [0.25, 0.3) is 0 Å². The lowest BCUT2D eigenvalue weighted by atomic mass is 10.3. The van der Waals surface area contributed by atoms with Crippen molar-refractivity contribution >= 4 is 11.7 Å². The number of carbonyl (C=O) groups excluding carboxylic acids is 1. The summed E-state index contributed by atoms with van der Waals surface area (Å²) < 4.78 is 5.34. The third kappa shape index (κ3) is 4.16. The van der Waals surface area contributed by atoms with Crippen LogP contribution in [0.1, 0.15) is 20.3 Å². The molecule has 0 atom stereocenters. The van der Waals surface area contributed by atoms with Crippen molar-refractivity contribution in [2.24, 2.45) is 0 Å². The van der Waals surface area contributed by atoms with Crippen molar-refractivity contribution in [1.82, 2.24) is 10.3 Å². The van der Waals surface area contributed by atoms with E-state index < -0.39 is 0 Å². The molecule has 0 saturated heterocycles. The first-order valence-corrected chi connectivity index (χ1v) is 5.22. The van der Waals surface area contributed by atoms with E-state index in [-0.39, 0.29) is 11.9 Å². The Morgan fingerprint density at radius 1 is 1.62 bits per heavy atom. The van der Waals surface area contributed by atoms with Gasteiger partial charge in [-0.25, -0.2) is 4.98 Å². The molecule has 16 heavy (non-hydrogen) atoms. The van der Waals surface area contributed by atoms with Gasteiger partial charge in [-0.3, -0.25) is 4.79 Å². The van der Waals surface area contributed by atoms with E-state index in [1.807, 2.05) is 13.8 Å². The normalized spacial score (nSPS) is 10.2. The van der Waals surface area contributed by atoms with Gasteiger partial charge in [0.2, 0.25) is 5.91 Å². The summed E-state index contributed by atoms with van der Waals surface area (Å²) in [5.74, 6) is 0.823. The summed E-state index contributed by atoms with van der Waals surface area (Å²) in [7, 11) is 0. The lowest BCUT2D eigenvalue weighted by Gasteiger charge is -2.09. The number of nitrogens with one attached hydrogen (secondary N) is 1. The number of rotatable bonds is 5. The molecule has 1 aromatic heterocycles. The van der Waals surface area contributed by atoms with Gasteiger partial charge in [0.25, 0.3) is 0 Å². The topological polar surface area (TPSA) is 77.2 Å². The second kappa shape index (κ2) is 5.95. The number of hydrogen-bond acceptors (Lipinski definition) is 4. The van der Waals surface area contributed by atoms with Gasteiger partial charge in [0.1, 0.15) is 0 Å². The van der Waals surface area contributed by atoms with Crippen molar-refractivity contribution in [3.8, 4) is 5.75 Å². The molecule has 1 amide bonds. The van der Waals surface area contributed by atoms with Crippen LogP contribution < -0.4 is 15.8 Å². The molecule has 0 unspecified atom stereocenters. The second-order valence-corrected chi connectivity index (χ2v) is 3.71. The molecule has 0 spiro atoms. The van der Waals surface area contributed by atoms with Gasteiger partial charge in [0, 0.05) is 12.2 Å². The number of ether oxygens (including phenoxy) is 1. The molecule has 88 valence electrons. The maximum atomic E-state index is 11.3. The highest BCUT2D eigenvalue weighted by Gasteiger charge is 2.04. The average molecular weight is 223 g/mol. The summed E-state index contributed by atoms with van der Waals surface area (Å²) in [5, 5.41) is 2.78. The van der Waals surface area contributed by atoms with Crippen LogP contribution in [-0.4, -0.2) is 23.5 Å². The predicted octanol–water partition coefficient (Wildman–Crippen LogP) is 0.957. The van der Waals surface area contributed by atoms with Crippen molar-refractivity contribution in [2.45, 2.75) is 26.3 Å². The zero-order valence-corrected chi connectivity index (χ0v) is 9.56. The van der Waals surface area contributed by atoms with E-state index in [1.165, 1.54) is 0 Å². The Labute approximate surface area is 95.0 Å². The zero-order valence-electron chi connectivity index (χ0n) is 9.56. The van der Waals surface area contributed by atoms with Crippen LogP contribution in [0.3, 0.4) is 0 Å². The number of pyridine rings is 1. The Morgan fingerprint density at radius 3 is 3.00 bits per heavy atom. The first kappa shape index (κ1) is 12.3. The minimum Gasteiger partial charge on any atom is -0.489 e. The molecule has 1 aromatic rings. The predicted molar refractivity (Wildman–Crippen MR) is 62.0 cm³/mol. The van der Waals surface area contributed by atoms with E-state index in [4.69, 9.17) is 10.5 Å². The summed E-state index contributed by atoms with van der Waals surface area (Å²) in [4.78, 5) is 15.2. The fourth-order valence-corrected chi connectivity index (χ4v) is 1.17. The zero-order chi connectivity index (χ0) is 12.0. The number of amides is 1. The molecule has 0 aromatic carbocycles. The number of nitrogens with two attached hydrogens (primary N) is 1. The lowest BCUT2D eigenvalue weighted by molar-refractivity contribution is -0.122. The molecule has 5 heteroatoms. The van der Waals surface area contributed by atoms with Crippen molar-refractivity contribution in [1.29, 1.82) is 0 Å². The molecule has 0 aliphatic heterocycles. The standard InChI is InChI=1S/C11H17N3O2/c1-8(2)14-10(15)5-7-16-9-4-3-6-13-11(9)12/h3-4,6,8H,5,7H2,1-2H3,(H2,12,13)(H,14,15). The Morgan fingerprint density at radius 2 is 2.38 bits per heavy atom. The van der Waals surface area contributed by atoms with Gasteiger partial charge < -0.3 is 15.8 Å². The van der Waals surface area contributed by atoms with E-state index in [9.17, 15) is 4.79 Å². The fourth-order valence-electron chi connectivity index (χ4n) is 1.17. The van der Waals surface area contributed by atoms with Crippen molar-refractivity contribution in [3.63, 3.8) is 0 Å². The molecular weight excluding hydrogens is 206 g/mol. The minimum absolute atomic E-state index is 0.0301. The van der Waals surface area contributed by atoms with Gasteiger partial charge in [-0.15, -0.1) is 0 Å². The number of nitrogens with zero attached hydrogens (tertiary/aromatic N) is 1. The van der Waals surface area contributed by atoms with Gasteiger partial charge in [-0.2, -0.15) is 0 Å². The van der Waals surface area contributed by atoms with Crippen molar-refractivity contribution in [3.05, 3.63) is 18.3 Å². The molecular formula is C11H17N3O2. The van der Waals surface area contributed by atoms with Crippen LogP contribution in [0.2, 0.25) is 0 Å². The quantitative estimate of drug-likeness (QED) is 0.779. The molecule has 5 nitrogen and oxygen atoms in total. The highest BCUT2D eigenvalue weighted by Crippen LogP contribution is 2.16.